The van der Waals surface area contributed by atoms with E-state index in [1.807, 2.05) is 30.1 Å². The van der Waals surface area contributed by atoms with Crippen molar-refractivity contribution in [3.05, 3.63) is 33.8 Å². The second kappa shape index (κ2) is 6.74. The highest BCUT2D eigenvalue weighted by Gasteiger charge is 2.46. The highest BCUT2D eigenvalue weighted by Crippen LogP contribution is 2.49. The first-order valence-corrected chi connectivity index (χ1v) is 7.76. The van der Waals surface area contributed by atoms with Gasteiger partial charge in [0.15, 0.2) is 0 Å². The van der Waals surface area contributed by atoms with Crippen molar-refractivity contribution in [1.82, 2.24) is 10.2 Å². The molecule has 1 N–H and O–H groups in total. The first-order valence-electron chi connectivity index (χ1n) is 7.00. The Morgan fingerprint density at radius 1 is 1.33 bits per heavy atom. The minimum Gasteiger partial charge on any atom is -0.341 e. The first-order chi connectivity index (χ1) is 9.58. The van der Waals surface area contributed by atoms with Crippen LogP contribution in [0, 0.1) is 5.92 Å². The van der Waals surface area contributed by atoms with Gasteiger partial charge in [-0.3, -0.25) is 4.79 Å². The summed E-state index contributed by atoms with van der Waals surface area (Å²) in [6, 6.07) is 6.02. The van der Waals surface area contributed by atoms with Crippen LogP contribution in [0.3, 0.4) is 0 Å². The fourth-order valence-electron chi connectivity index (χ4n) is 2.99. The van der Waals surface area contributed by atoms with Gasteiger partial charge < -0.3 is 10.2 Å². The normalized spacial score (nSPS) is 27.1. The molecule has 3 atom stereocenters. The lowest BCUT2D eigenvalue weighted by Gasteiger charge is -2.24. The zero-order valence-corrected chi connectivity index (χ0v) is 14.1. The molecule has 3 unspecified atom stereocenters. The second-order valence-corrected chi connectivity index (χ2v) is 6.53. The van der Waals surface area contributed by atoms with Gasteiger partial charge in [0.05, 0.1) is 10.0 Å². The Balaban J connectivity index is 0.00000161. The molecule has 2 aliphatic rings. The molecule has 1 heterocycles. The third-order valence-electron chi connectivity index (χ3n) is 4.41. The molecule has 1 aliphatic heterocycles. The third-order valence-corrected chi connectivity index (χ3v) is 5.15. The number of nitrogens with zero attached hydrogens (tertiary/aromatic N) is 1. The maximum atomic E-state index is 12.5. The number of hydrogen-bond acceptors (Lipinski definition) is 2. The lowest BCUT2D eigenvalue weighted by molar-refractivity contribution is -0.133. The van der Waals surface area contributed by atoms with Gasteiger partial charge in [-0.05, 0) is 43.0 Å². The number of carbonyl (C=O) groups is 1. The molecule has 116 valence electrons. The van der Waals surface area contributed by atoms with Crippen molar-refractivity contribution in [2.75, 3.05) is 20.1 Å². The molecule has 2 fully saturated rings. The predicted octanol–water partition coefficient (Wildman–Crippen LogP) is 3.34. The fourth-order valence-corrected chi connectivity index (χ4v) is 3.30. The van der Waals surface area contributed by atoms with Crippen LogP contribution in [0.25, 0.3) is 0 Å². The van der Waals surface area contributed by atoms with E-state index in [4.69, 9.17) is 23.2 Å². The number of carbonyl (C=O) groups excluding carboxylic acids is 1. The molecular formula is C15H19Cl3N2O. The fraction of sp³-hybridized carbons (Fsp3) is 0.533. The van der Waals surface area contributed by atoms with Gasteiger partial charge in [-0.15, -0.1) is 12.4 Å². The van der Waals surface area contributed by atoms with Gasteiger partial charge in [0, 0.05) is 25.6 Å². The number of likely N-dealkylation sites (N-methyl/N-ethyl adjacent to an activating group) is 1. The summed E-state index contributed by atoms with van der Waals surface area (Å²) in [7, 11) is 1.92. The van der Waals surface area contributed by atoms with Crippen molar-refractivity contribution in [1.29, 1.82) is 0 Å². The summed E-state index contributed by atoms with van der Waals surface area (Å²) in [5, 5.41) is 4.43. The van der Waals surface area contributed by atoms with Crippen molar-refractivity contribution in [3.8, 4) is 0 Å². The van der Waals surface area contributed by atoms with Gasteiger partial charge in [0.25, 0.3) is 0 Å². The van der Waals surface area contributed by atoms with E-state index >= 15 is 0 Å². The quantitative estimate of drug-likeness (QED) is 0.907. The van der Waals surface area contributed by atoms with E-state index in [0.717, 1.165) is 31.5 Å². The Morgan fingerprint density at radius 2 is 2.10 bits per heavy atom. The molecule has 0 spiro atoms. The molecule has 1 saturated heterocycles. The average molecular weight is 350 g/mol. The molecule has 6 heteroatoms. The van der Waals surface area contributed by atoms with Crippen LogP contribution in [0.1, 0.15) is 24.3 Å². The molecular weight excluding hydrogens is 331 g/mol. The Labute approximate surface area is 141 Å². The van der Waals surface area contributed by atoms with Crippen molar-refractivity contribution in [2.45, 2.75) is 24.8 Å². The maximum Gasteiger partial charge on any atom is 0.226 e. The van der Waals surface area contributed by atoms with Gasteiger partial charge in [0.1, 0.15) is 0 Å². The van der Waals surface area contributed by atoms with Gasteiger partial charge in [-0.2, -0.15) is 0 Å². The summed E-state index contributed by atoms with van der Waals surface area (Å²) in [5.74, 6) is 0.668. The maximum absolute atomic E-state index is 12.5. The summed E-state index contributed by atoms with van der Waals surface area (Å²) < 4.78 is 0. The largest absolute Gasteiger partial charge is 0.341 e. The van der Waals surface area contributed by atoms with E-state index in [2.05, 4.69) is 5.32 Å². The Morgan fingerprint density at radius 3 is 2.71 bits per heavy atom. The molecule has 1 saturated carbocycles. The highest BCUT2D eigenvalue weighted by atomic mass is 35.5. The number of halogens is 3. The van der Waals surface area contributed by atoms with Crippen LogP contribution in [0.2, 0.25) is 10.0 Å². The number of amides is 1. The van der Waals surface area contributed by atoms with Gasteiger partial charge in [-0.1, -0.05) is 29.3 Å². The topological polar surface area (TPSA) is 32.3 Å². The molecule has 1 aliphatic carbocycles. The first kappa shape index (κ1) is 16.9. The Kier molecular flexibility index (Phi) is 5.42. The smallest absolute Gasteiger partial charge is 0.226 e. The number of nitrogens with one attached hydrogen (secondary N) is 1. The van der Waals surface area contributed by atoms with Crippen molar-refractivity contribution in [3.63, 3.8) is 0 Å². The standard InChI is InChI=1S/C15H18Cl2N2O.ClH/c1-19(10-4-5-18-8-10)15(20)12-7-11(12)9-2-3-13(16)14(17)6-9;/h2-3,6,10-12,18H,4-5,7-8H2,1H3;1H. The SMILES string of the molecule is CN(C(=O)C1CC1c1ccc(Cl)c(Cl)c1)C1CCNC1.Cl. The molecule has 0 aromatic heterocycles. The van der Waals surface area contributed by atoms with Gasteiger partial charge in [0.2, 0.25) is 5.91 Å². The van der Waals surface area contributed by atoms with E-state index in [0.29, 0.717) is 22.0 Å². The van der Waals surface area contributed by atoms with E-state index < -0.39 is 0 Å². The molecule has 1 amide bonds. The molecule has 1 aromatic carbocycles. The zero-order valence-electron chi connectivity index (χ0n) is 11.8. The zero-order chi connectivity index (χ0) is 14.3. The van der Waals surface area contributed by atoms with E-state index in [-0.39, 0.29) is 24.2 Å². The van der Waals surface area contributed by atoms with E-state index in [1.54, 1.807) is 0 Å². The molecule has 21 heavy (non-hydrogen) atoms. The summed E-state index contributed by atoms with van der Waals surface area (Å²) in [5.41, 5.74) is 1.12. The van der Waals surface area contributed by atoms with Gasteiger partial charge in [-0.25, -0.2) is 0 Å². The van der Waals surface area contributed by atoms with Gasteiger partial charge >= 0.3 is 0 Å². The van der Waals surface area contributed by atoms with Crippen LogP contribution in [-0.2, 0) is 4.79 Å². The third kappa shape index (κ3) is 3.48. The van der Waals surface area contributed by atoms with Crippen LogP contribution in [0.5, 0.6) is 0 Å². The molecule has 1 aromatic rings. The minimum atomic E-state index is 0. The Bertz CT molecular complexity index is 532. The Hall–Kier alpha value is -0.480. The number of rotatable bonds is 3. The van der Waals surface area contributed by atoms with Crippen LogP contribution in [0.15, 0.2) is 18.2 Å². The number of hydrogen-bond donors (Lipinski definition) is 1. The predicted molar refractivity (Wildman–Crippen MR) is 88.6 cm³/mol. The van der Waals surface area contributed by atoms with Crippen molar-refractivity contribution in [2.24, 2.45) is 5.92 Å². The van der Waals surface area contributed by atoms with Crippen LogP contribution in [-0.4, -0.2) is 37.0 Å². The van der Waals surface area contributed by atoms with Crippen LogP contribution in [0.4, 0.5) is 0 Å². The van der Waals surface area contributed by atoms with E-state index in [1.165, 1.54) is 0 Å². The summed E-state index contributed by atoms with van der Waals surface area (Å²) in [6.07, 6.45) is 1.97. The second-order valence-electron chi connectivity index (χ2n) is 5.72. The van der Waals surface area contributed by atoms with E-state index in [9.17, 15) is 4.79 Å². The monoisotopic (exact) mass is 348 g/mol. The highest BCUT2D eigenvalue weighted by molar-refractivity contribution is 6.42. The molecule has 0 radical (unpaired) electrons. The summed E-state index contributed by atoms with van der Waals surface area (Å²) in [6.45, 7) is 1.91. The average Bonchev–Trinajstić information content (AvgIpc) is 3.05. The van der Waals surface area contributed by atoms with Crippen LogP contribution >= 0.6 is 35.6 Å². The summed E-state index contributed by atoms with van der Waals surface area (Å²) >= 11 is 12.0. The van der Waals surface area contributed by atoms with Crippen molar-refractivity contribution < 1.29 is 4.79 Å². The molecule has 0 bridgehead atoms. The number of benzene rings is 1. The summed E-state index contributed by atoms with van der Waals surface area (Å²) in [4.78, 5) is 14.4. The van der Waals surface area contributed by atoms with Crippen molar-refractivity contribution >= 4 is 41.5 Å². The minimum absolute atomic E-state index is 0. The molecule has 3 rings (SSSR count). The lowest BCUT2D eigenvalue weighted by atomic mass is 10.1. The van der Waals surface area contributed by atoms with Crippen LogP contribution < -0.4 is 5.32 Å². The lowest BCUT2D eigenvalue weighted by Crippen LogP contribution is -2.39. The molecule has 3 nitrogen and oxygen atoms in total.